The molecule has 0 N–H and O–H groups in total. The van der Waals surface area contributed by atoms with Gasteiger partial charge in [0.25, 0.3) is 0 Å². The van der Waals surface area contributed by atoms with E-state index in [1.807, 2.05) is 45.8 Å². The Morgan fingerprint density at radius 2 is 1.88 bits per heavy atom. The molecule has 1 saturated heterocycles. The number of benzene rings is 1. The van der Waals surface area contributed by atoms with Gasteiger partial charge in [0.2, 0.25) is 0 Å². The first-order valence-corrected chi connectivity index (χ1v) is 8.71. The fraction of sp³-hybridized carbons (Fsp3) is 0.632. The van der Waals surface area contributed by atoms with E-state index in [0.717, 1.165) is 18.4 Å². The summed E-state index contributed by atoms with van der Waals surface area (Å²) in [5.74, 6) is 0.0400. The van der Waals surface area contributed by atoms with Gasteiger partial charge in [-0.15, -0.1) is 5.06 Å². The van der Waals surface area contributed by atoms with Crippen LogP contribution < -0.4 is 4.74 Å². The van der Waals surface area contributed by atoms with Crippen LogP contribution in [0.5, 0.6) is 5.75 Å². The van der Waals surface area contributed by atoms with Crippen LogP contribution in [0.4, 0.5) is 4.39 Å². The quantitative estimate of drug-likeness (QED) is 0.814. The Morgan fingerprint density at radius 3 is 2.44 bits per heavy atom. The van der Waals surface area contributed by atoms with Gasteiger partial charge >= 0.3 is 5.97 Å². The van der Waals surface area contributed by atoms with Gasteiger partial charge < -0.3 is 14.5 Å². The second-order valence-corrected chi connectivity index (χ2v) is 7.91. The minimum absolute atomic E-state index is 0.00130. The molecule has 1 aliphatic rings. The van der Waals surface area contributed by atoms with Crippen molar-refractivity contribution >= 4 is 5.97 Å². The predicted octanol–water partition coefficient (Wildman–Crippen LogP) is 3.23. The number of carbonyl (C=O) groups is 1. The molecule has 0 bridgehead atoms. The number of hydrogen-bond acceptors (Lipinski definition) is 5. The summed E-state index contributed by atoms with van der Waals surface area (Å²) in [6.45, 7) is 7.40. The summed E-state index contributed by atoms with van der Waals surface area (Å²) >= 11 is 0. The van der Waals surface area contributed by atoms with Crippen molar-refractivity contribution in [3.05, 3.63) is 29.6 Å². The highest BCUT2D eigenvalue weighted by atomic mass is 19.1. The van der Waals surface area contributed by atoms with Gasteiger partial charge in [0.15, 0.2) is 0 Å². The smallest absolute Gasteiger partial charge is 0.330 e. The molecule has 0 aromatic heterocycles. The van der Waals surface area contributed by atoms with Gasteiger partial charge in [0, 0.05) is 38.5 Å². The first-order valence-electron chi connectivity index (χ1n) is 8.71. The molecule has 0 saturated carbocycles. The minimum atomic E-state index is -0.516. The lowest BCUT2D eigenvalue weighted by Gasteiger charge is -2.32. The summed E-state index contributed by atoms with van der Waals surface area (Å²) in [6.07, 6.45) is 1.46. The van der Waals surface area contributed by atoms with Crippen molar-refractivity contribution in [1.29, 1.82) is 0 Å². The normalized spacial score (nSPS) is 16.9. The number of carbonyl (C=O) groups excluding carboxylic acids is 1. The van der Waals surface area contributed by atoms with E-state index in [2.05, 4.69) is 0 Å². The second kappa shape index (κ2) is 8.15. The molecule has 5 nitrogen and oxygen atoms in total. The van der Waals surface area contributed by atoms with E-state index in [1.54, 1.807) is 5.06 Å². The highest BCUT2D eigenvalue weighted by Gasteiger charge is 2.29. The van der Waals surface area contributed by atoms with Crippen molar-refractivity contribution in [1.82, 2.24) is 9.96 Å². The zero-order chi connectivity index (χ0) is 18.6. The first kappa shape index (κ1) is 19.7. The number of ether oxygens (including phenoxy) is 1. The number of halogens is 1. The van der Waals surface area contributed by atoms with Crippen molar-refractivity contribution in [2.45, 2.75) is 46.3 Å². The van der Waals surface area contributed by atoms with Gasteiger partial charge in [0.1, 0.15) is 17.7 Å². The SMILES string of the molecule is CN(C)Cc1cc(F)cc(OC2CCN(OC(=O)C(C)(C)C)CC2)c1. The lowest BCUT2D eigenvalue weighted by atomic mass is 9.98. The Balaban J connectivity index is 1.88. The Labute approximate surface area is 149 Å². The standard InChI is InChI=1S/C19H29FN2O3/c1-19(2,3)18(23)25-22-8-6-16(7-9-22)24-17-11-14(13-21(4)5)10-15(20)12-17/h10-12,16H,6-9,13H2,1-5H3. The molecule has 1 heterocycles. The van der Waals surface area contributed by atoms with Crippen molar-refractivity contribution < 1.29 is 18.8 Å². The molecule has 25 heavy (non-hydrogen) atoms. The minimum Gasteiger partial charge on any atom is -0.490 e. The molecule has 0 aliphatic carbocycles. The van der Waals surface area contributed by atoms with Crippen LogP contribution >= 0.6 is 0 Å². The number of nitrogens with zero attached hydrogens (tertiary/aromatic N) is 2. The van der Waals surface area contributed by atoms with E-state index in [4.69, 9.17) is 9.57 Å². The fourth-order valence-corrected chi connectivity index (χ4v) is 2.63. The maximum absolute atomic E-state index is 13.8. The maximum Gasteiger partial charge on any atom is 0.330 e. The van der Waals surface area contributed by atoms with Crippen LogP contribution in [-0.2, 0) is 16.2 Å². The summed E-state index contributed by atoms with van der Waals surface area (Å²) in [5.41, 5.74) is 0.370. The Kier molecular flexibility index (Phi) is 6.41. The molecule has 1 aliphatic heterocycles. The monoisotopic (exact) mass is 352 g/mol. The Bertz CT molecular complexity index is 591. The highest BCUT2D eigenvalue weighted by molar-refractivity contribution is 5.75. The molecule has 1 fully saturated rings. The number of rotatable bonds is 5. The van der Waals surface area contributed by atoms with Crippen molar-refractivity contribution in [2.75, 3.05) is 27.2 Å². The van der Waals surface area contributed by atoms with E-state index in [1.165, 1.54) is 12.1 Å². The van der Waals surface area contributed by atoms with Gasteiger partial charge in [-0.3, -0.25) is 0 Å². The first-order chi connectivity index (χ1) is 11.6. The zero-order valence-electron chi connectivity index (χ0n) is 15.8. The molecule has 0 atom stereocenters. The van der Waals surface area contributed by atoms with E-state index in [-0.39, 0.29) is 17.9 Å². The van der Waals surface area contributed by atoms with E-state index < -0.39 is 5.41 Å². The van der Waals surface area contributed by atoms with Crippen LogP contribution in [0.3, 0.4) is 0 Å². The Morgan fingerprint density at radius 1 is 1.24 bits per heavy atom. The van der Waals surface area contributed by atoms with Crippen LogP contribution in [0.15, 0.2) is 18.2 Å². The Hall–Kier alpha value is -1.66. The molecule has 6 heteroatoms. The third-order valence-electron chi connectivity index (χ3n) is 3.96. The molecule has 1 aromatic carbocycles. The number of piperidine rings is 1. The lowest BCUT2D eigenvalue weighted by molar-refractivity contribution is -0.207. The molecule has 1 aromatic rings. The summed E-state index contributed by atoms with van der Waals surface area (Å²) in [4.78, 5) is 19.3. The topological polar surface area (TPSA) is 42.0 Å². The molecule has 0 unspecified atom stereocenters. The largest absolute Gasteiger partial charge is 0.490 e. The van der Waals surface area contributed by atoms with Crippen molar-refractivity contribution in [3.63, 3.8) is 0 Å². The predicted molar refractivity (Wildman–Crippen MR) is 94.6 cm³/mol. The number of hydroxylamine groups is 2. The van der Waals surface area contributed by atoms with Crippen molar-refractivity contribution in [2.24, 2.45) is 5.41 Å². The summed E-state index contributed by atoms with van der Waals surface area (Å²) in [6, 6.07) is 4.83. The molecule has 0 radical (unpaired) electrons. The second-order valence-electron chi connectivity index (χ2n) is 7.91. The number of hydrogen-bond donors (Lipinski definition) is 0. The molecule has 0 spiro atoms. The summed E-state index contributed by atoms with van der Waals surface area (Å²) < 4.78 is 19.7. The van der Waals surface area contributed by atoms with E-state index >= 15 is 0 Å². The molecular weight excluding hydrogens is 323 g/mol. The average Bonchev–Trinajstić information content (AvgIpc) is 2.47. The third kappa shape index (κ3) is 6.29. The lowest BCUT2D eigenvalue weighted by Crippen LogP contribution is -2.41. The van der Waals surface area contributed by atoms with Crippen LogP contribution in [-0.4, -0.2) is 49.2 Å². The van der Waals surface area contributed by atoms with Gasteiger partial charge in [-0.2, -0.15) is 0 Å². The highest BCUT2D eigenvalue weighted by Crippen LogP contribution is 2.23. The van der Waals surface area contributed by atoms with Gasteiger partial charge in [0.05, 0.1) is 5.41 Å². The summed E-state index contributed by atoms with van der Waals surface area (Å²) in [5, 5.41) is 1.69. The zero-order valence-corrected chi connectivity index (χ0v) is 15.8. The van der Waals surface area contributed by atoms with Crippen LogP contribution in [0.25, 0.3) is 0 Å². The van der Waals surface area contributed by atoms with E-state index in [9.17, 15) is 9.18 Å². The van der Waals surface area contributed by atoms with Crippen molar-refractivity contribution in [3.8, 4) is 5.75 Å². The third-order valence-corrected chi connectivity index (χ3v) is 3.96. The summed E-state index contributed by atoms with van der Waals surface area (Å²) in [7, 11) is 3.89. The molecule has 2 rings (SSSR count). The van der Waals surface area contributed by atoms with Gasteiger partial charge in [-0.05, 0) is 52.6 Å². The fourth-order valence-electron chi connectivity index (χ4n) is 2.63. The van der Waals surface area contributed by atoms with Gasteiger partial charge in [-0.1, -0.05) is 0 Å². The van der Waals surface area contributed by atoms with Crippen LogP contribution in [0.1, 0.15) is 39.2 Å². The average molecular weight is 352 g/mol. The van der Waals surface area contributed by atoms with Crippen LogP contribution in [0.2, 0.25) is 0 Å². The molecule has 0 amide bonds. The van der Waals surface area contributed by atoms with Gasteiger partial charge in [-0.25, -0.2) is 9.18 Å². The van der Waals surface area contributed by atoms with E-state index in [0.29, 0.717) is 25.4 Å². The maximum atomic E-state index is 13.8. The van der Waals surface area contributed by atoms with Crippen LogP contribution in [0, 0.1) is 11.2 Å². The molecular formula is C19H29FN2O3. The molecule has 140 valence electrons.